The number of pyridine rings is 3. The highest BCUT2D eigenvalue weighted by molar-refractivity contribution is 8.13. The number of carbonyl (C=O) groups excluding carboxylic acids is 1. The first-order chi connectivity index (χ1) is 40.5. The number of nitrogens with two attached hydrogens (primary N) is 2. The van der Waals surface area contributed by atoms with E-state index in [0.29, 0.717) is 23.5 Å². The summed E-state index contributed by atoms with van der Waals surface area (Å²) in [4.78, 5) is 23.9. The number of rotatable bonds is 11. The normalized spacial score (nSPS) is 14.0. The van der Waals surface area contributed by atoms with E-state index in [2.05, 4.69) is 77.8 Å². The lowest BCUT2D eigenvalue weighted by molar-refractivity contribution is -0.119. The number of hydrogen-bond acceptors (Lipinski definition) is 14. The van der Waals surface area contributed by atoms with Crippen LogP contribution in [0.2, 0.25) is 0 Å². The number of benzene rings is 5. The Morgan fingerprint density at radius 2 is 1.05 bits per heavy atom. The number of sulfonamides is 1. The van der Waals surface area contributed by atoms with Gasteiger partial charge in [0, 0.05) is 75.3 Å². The van der Waals surface area contributed by atoms with Gasteiger partial charge in [-0.15, -0.1) is 0 Å². The highest BCUT2D eigenvalue weighted by Gasteiger charge is 2.31. The molecule has 5 heterocycles. The van der Waals surface area contributed by atoms with Crippen molar-refractivity contribution in [2.45, 2.75) is 119 Å². The van der Waals surface area contributed by atoms with Gasteiger partial charge in [0.15, 0.2) is 0 Å². The summed E-state index contributed by atoms with van der Waals surface area (Å²) in [6.07, 6.45) is 12.1. The molecule has 0 radical (unpaired) electrons. The van der Waals surface area contributed by atoms with Crippen LogP contribution in [0.15, 0.2) is 180 Å². The quantitative estimate of drug-likeness (QED) is 0.0533. The number of nitriles is 1. The number of hydrazine groups is 1. The van der Waals surface area contributed by atoms with Gasteiger partial charge in [0.05, 0.1) is 67.3 Å². The van der Waals surface area contributed by atoms with E-state index < -0.39 is 19.1 Å². The van der Waals surface area contributed by atoms with Crippen molar-refractivity contribution < 1.29 is 21.6 Å². The lowest BCUT2D eigenvalue weighted by Crippen LogP contribution is -2.17. The highest BCUT2D eigenvalue weighted by atomic mass is 35.7. The molecule has 3 fully saturated rings. The van der Waals surface area contributed by atoms with Gasteiger partial charge in [-0.3, -0.25) is 30.3 Å². The van der Waals surface area contributed by atoms with E-state index in [4.69, 9.17) is 32.6 Å². The van der Waals surface area contributed by atoms with Gasteiger partial charge in [-0.1, -0.05) is 84.0 Å². The van der Waals surface area contributed by atoms with E-state index in [1.54, 1.807) is 47.5 Å². The molecule has 3 aliphatic carbocycles. The molecule has 0 saturated heterocycles. The molecule has 3 aliphatic rings. The van der Waals surface area contributed by atoms with E-state index in [1.165, 1.54) is 25.0 Å². The number of nitrogens with zero attached hydrogens (tertiary/aromatic N) is 8. The Morgan fingerprint density at radius 1 is 0.600 bits per heavy atom. The number of hydrogen-bond donors (Lipinski definition) is 4. The maximum atomic E-state index is 13.2. The molecule has 20 heteroatoms. The van der Waals surface area contributed by atoms with Crippen LogP contribution in [0.3, 0.4) is 0 Å². The Kier molecular flexibility index (Phi) is 18.5. The first-order valence-corrected chi connectivity index (χ1v) is 31.8. The minimum absolute atomic E-state index is 0.0224. The summed E-state index contributed by atoms with van der Waals surface area (Å²) < 4.78 is 54.7. The fourth-order valence-electron chi connectivity index (χ4n) is 9.27. The molecule has 17 nitrogen and oxygen atoms in total. The molecular formula is C65H69ClN12O5S2. The van der Waals surface area contributed by atoms with Crippen LogP contribution in [-0.4, -0.2) is 57.1 Å². The zero-order valence-corrected chi connectivity index (χ0v) is 50.7. The van der Waals surface area contributed by atoms with E-state index >= 15 is 0 Å². The lowest BCUT2D eigenvalue weighted by atomic mass is 9.87. The number of anilines is 3. The number of aromatic nitrogens is 7. The van der Waals surface area contributed by atoms with E-state index in [1.807, 2.05) is 120 Å². The number of Topliss-reactive ketones (excluding diaryl/α,β-unsaturated/α-hetero) is 1. The third kappa shape index (κ3) is 15.6. The molecule has 0 aliphatic heterocycles. The monoisotopic (exact) mass is 1200 g/mol. The summed E-state index contributed by atoms with van der Waals surface area (Å²) in [5, 5.41) is 20.5. The van der Waals surface area contributed by atoms with E-state index in [9.17, 15) is 21.6 Å². The second-order valence-corrected chi connectivity index (χ2v) is 27.5. The number of ketones is 1. The van der Waals surface area contributed by atoms with Gasteiger partial charge < -0.3 is 11.2 Å². The maximum Gasteiger partial charge on any atom is 0.263 e. The summed E-state index contributed by atoms with van der Waals surface area (Å²) in [5.41, 5.74) is 18.3. The van der Waals surface area contributed by atoms with Crippen LogP contribution < -0.4 is 21.7 Å². The largest absolute Gasteiger partial charge is 0.384 e. The molecular weight excluding hydrogens is 1130 g/mol. The predicted molar refractivity (Wildman–Crippen MR) is 338 cm³/mol. The zero-order valence-electron chi connectivity index (χ0n) is 48.3. The molecule has 85 heavy (non-hydrogen) atoms. The van der Waals surface area contributed by atoms with Crippen molar-refractivity contribution >= 4 is 85.6 Å². The smallest absolute Gasteiger partial charge is 0.263 e. The second kappa shape index (κ2) is 25.8. The number of fused-ring (bicyclic) bond motifs is 3. The summed E-state index contributed by atoms with van der Waals surface area (Å²) in [7, 11) is -2.17. The Hall–Kier alpha value is -8.54. The SMILES string of the molecule is CC(C)(C)c1ccc(S(=O)(=O)Cl)cc1.CC(C)(C)c1ccc(S(=O)(=O)Nc2cc(C3CC3)nn2-c2cccc3ncccc23)cc1.N#CCC(=O)C1CC1.NNc1cccc2ncccc12.Nc1cc(C2CC2)nn1-c1cccc2ncccc12. The van der Waals surface area contributed by atoms with Gasteiger partial charge >= 0.3 is 0 Å². The summed E-state index contributed by atoms with van der Waals surface area (Å²) in [6, 6.07) is 48.7. The first-order valence-electron chi connectivity index (χ1n) is 28.0. The predicted octanol–water partition coefficient (Wildman–Crippen LogP) is 13.6. The van der Waals surface area contributed by atoms with Crippen LogP contribution in [-0.2, 0) is 34.7 Å². The topological polar surface area (TPSA) is 260 Å². The molecule has 0 bridgehead atoms. The second-order valence-electron chi connectivity index (χ2n) is 23.2. The third-order valence-electron chi connectivity index (χ3n) is 14.5. The summed E-state index contributed by atoms with van der Waals surface area (Å²) in [6.45, 7) is 12.5. The van der Waals surface area contributed by atoms with Crippen LogP contribution in [0.5, 0.6) is 0 Å². The number of nitrogen functional groups attached to an aromatic ring is 2. The molecule has 0 spiro atoms. The molecule has 5 aromatic carbocycles. The van der Waals surface area contributed by atoms with Gasteiger partial charge in [0.25, 0.3) is 19.1 Å². The molecule has 10 aromatic rings. The molecule has 3 saturated carbocycles. The molecule has 13 rings (SSSR count). The fourth-order valence-corrected chi connectivity index (χ4v) is 11.1. The van der Waals surface area contributed by atoms with Crippen LogP contribution in [0, 0.1) is 17.2 Å². The van der Waals surface area contributed by atoms with Crippen molar-refractivity contribution in [2.24, 2.45) is 11.8 Å². The molecule has 438 valence electrons. The zero-order chi connectivity index (χ0) is 60.7. The maximum absolute atomic E-state index is 13.2. The molecule has 6 N–H and O–H groups in total. The van der Waals surface area contributed by atoms with Gasteiger partial charge in [0.2, 0.25) is 0 Å². The molecule has 0 amide bonds. The fraction of sp³-hybridized carbons (Fsp3) is 0.277. The van der Waals surface area contributed by atoms with Gasteiger partial charge in [-0.2, -0.15) is 15.5 Å². The Balaban J connectivity index is 0.000000139. The van der Waals surface area contributed by atoms with Crippen molar-refractivity contribution in [3.8, 4) is 17.4 Å². The van der Waals surface area contributed by atoms with Crippen LogP contribution in [0.25, 0.3) is 44.1 Å². The highest BCUT2D eigenvalue weighted by Crippen LogP contribution is 2.42. The van der Waals surface area contributed by atoms with Gasteiger partial charge in [0.1, 0.15) is 17.4 Å². The van der Waals surface area contributed by atoms with Crippen molar-refractivity contribution in [2.75, 3.05) is 15.9 Å². The molecule has 0 unspecified atom stereocenters. The van der Waals surface area contributed by atoms with Crippen molar-refractivity contribution in [3.63, 3.8) is 0 Å². The number of halogens is 1. The average Bonchev–Trinajstić information content (AvgIpc) is 3.54. The number of carbonyl (C=O) groups is 1. The molecule has 0 atom stereocenters. The van der Waals surface area contributed by atoms with E-state index in [-0.39, 0.29) is 38.7 Å². The summed E-state index contributed by atoms with van der Waals surface area (Å²) >= 11 is 0. The van der Waals surface area contributed by atoms with Crippen LogP contribution in [0.1, 0.15) is 121 Å². The molecule has 5 aromatic heterocycles. The summed E-state index contributed by atoms with van der Waals surface area (Å²) in [5.74, 6) is 7.85. The Labute approximate surface area is 500 Å². The minimum atomic E-state index is -3.78. The van der Waals surface area contributed by atoms with Gasteiger partial charge in [-0.25, -0.2) is 26.2 Å². The van der Waals surface area contributed by atoms with Gasteiger partial charge in [-0.05, 0) is 158 Å². The standard InChI is InChI=1S/C25H26N4O2S.C15H14N4.C10H13ClO2S.C9H9N3.C6H7NO/c1-25(2,3)18-11-13-19(14-12-18)32(30,31)28-24-16-22(17-9-10-17)27-29(24)23-8-4-7-21-20(23)6-5-15-26-21;16-15-9-13(10-6-7-10)18-19(15)14-5-1-4-12-11(14)3-2-8-17-12;1-10(2,3)8-4-6-9(7-5-8)14(11,12)13;10-12-9-5-1-4-8-7(9)3-2-6-11-8;7-4-3-6(8)5-1-2-5/h4-8,11-17,28H,9-10H2,1-3H3;1-5,8-10H,6-7,16H2;4-7H,1-3H3;1-6,12H,10H2;5H,1-3H2. The first kappa shape index (κ1) is 61.0. The van der Waals surface area contributed by atoms with Crippen molar-refractivity contribution in [1.82, 2.24) is 34.5 Å². The number of nitrogens with one attached hydrogen (secondary N) is 2. The van der Waals surface area contributed by atoms with Crippen LogP contribution >= 0.6 is 10.7 Å². The Bertz CT molecular complexity index is 4260. The van der Waals surface area contributed by atoms with Crippen molar-refractivity contribution in [1.29, 1.82) is 5.26 Å². The van der Waals surface area contributed by atoms with Crippen molar-refractivity contribution in [3.05, 3.63) is 193 Å². The average molecular weight is 1200 g/mol. The van der Waals surface area contributed by atoms with Crippen LogP contribution in [0.4, 0.5) is 17.3 Å². The lowest BCUT2D eigenvalue weighted by Gasteiger charge is -2.19. The Morgan fingerprint density at radius 3 is 1.51 bits per heavy atom. The minimum Gasteiger partial charge on any atom is -0.384 e. The third-order valence-corrected chi connectivity index (χ3v) is 17.3. The van der Waals surface area contributed by atoms with E-state index in [0.717, 1.165) is 98.0 Å².